The number of carbonyl (C=O) groups is 1. The van der Waals surface area contributed by atoms with Gasteiger partial charge >= 0.3 is 0 Å². The smallest absolute Gasteiger partial charge is 0.250 e. The van der Waals surface area contributed by atoms with Crippen LogP contribution in [0, 0.1) is 13.8 Å². The first-order valence-electron chi connectivity index (χ1n) is 8.51. The number of thioether (sulfide) groups is 1. The second-order valence-corrected chi connectivity index (χ2v) is 7.59. The quantitative estimate of drug-likeness (QED) is 0.572. The minimum absolute atomic E-state index is 0.0792. The van der Waals surface area contributed by atoms with Crippen molar-refractivity contribution in [2.75, 3.05) is 5.75 Å². The third-order valence-corrected chi connectivity index (χ3v) is 4.79. The summed E-state index contributed by atoms with van der Waals surface area (Å²) >= 11 is 1.60. The maximum Gasteiger partial charge on any atom is 0.250 e. The minimum atomic E-state index is -0.0792. The predicted molar refractivity (Wildman–Crippen MR) is 108 cm³/mol. The molecule has 0 saturated carbocycles. The Morgan fingerprint density at radius 3 is 2.36 bits per heavy atom. The number of rotatable bonds is 7. The predicted octanol–water partition coefficient (Wildman–Crippen LogP) is 4.81. The lowest BCUT2D eigenvalue weighted by Crippen LogP contribution is -2.19. The van der Waals surface area contributed by atoms with Gasteiger partial charge in [-0.05, 0) is 36.5 Å². The van der Waals surface area contributed by atoms with Crippen LogP contribution < -0.4 is 5.43 Å². The zero-order valence-electron chi connectivity index (χ0n) is 15.4. The lowest BCUT2D eigenvalue weighted by Gasteiger charge is -2.05. The molecule has 4 heteroatoms. The first kappa shape index (κ1) is 19.3. The van der Waals surface area contributed by atoms with Gasteiger partial charge in [-0.3, -0.25) is 4.79 Å². The monoisotopic (exact) mass is 354 g/mol. The molecule has 1 amide bonds. The topological polar surface area (TPSA) is 41.5 Å². The highest BCUT2D eigenvalue weighted by Gasteiger charge is 2.02. The van der Waals surface area contributed by atoms with Crippen molar-refractivity contribution in [3.8, 4) is 0 Å². The van der Waals surface area contributed by atoms with Crippen LogP contribution in [0.25, 0.3) is 0 Å². The largest absolute Gasteiger partial charge is 0.272 e. The van der Waals surface area contributed by atoms with Crippen molar-refractivity contribution in [2.45, 2.75) is 39.4 Å². The number of nitrogens with one attached hydrogen (secondary N) is 1. The molecular formula is C21H26N2OS. The Hall–Kier alpha value is -2.07. The lowest BCUT2D eigenvalue weighted by molar-refractivity contribution is -0.118. The molecule has 132 valence electrons. The molecule has 0 fully saturated rings. The van der Waals surface area contributed by atoms with Gasteiger partial charge in [0.2, 0.25) is 5.91 Å². The van der Waals surface area contributed by atoms with E-state index in [-0.39, 0.29) is 5.91 Å². The third kappa shape index (κ3) is 6.75. The van der Waals surface area contributed by atoms with E-state index in [2.05, 4.69) is 68.6 Å². The number of nitrogens with zero attached hydrogens (tertiary/aromatic N) is 1. The molecule has 0 aliphatic heterocycles. The zero-order valence-corrected chi connectivity index (χ0v) is 16.2. The van der Waals surface area contributed by atoms with Crippen LogP contribution in [0.15, 0.2) is 47.6 Å². The first-order valence-corrected chi connectivity index (χ1v) is 9.66. The fourth-order valence-electron chi connectivity index (χ4n) is 2.59. The Balaban J connectivity index is 1.74. The molecule has 1 N–H and O–H groups in total. The molecule has 0 aliphatic rings. The second-order valence-electron chi connectivity index (χ2n) is 6.60. The van der Waals surface area contributed by atoms with E-state index in [9.17, 15) is 4.79 Å². The van der Waals surface area contributed by atoms with Gasteiger partial charge in [-0.15, -0.1) is 11.8 Å². The number of hydrogen-bond acceptors (Lipinski definition) is 3. The second kappa shape index (κ2) is 9.42. The van der Waals surface area contributed by atoms with E-state index in [1.807, 2.05) is 12.1 Å². The Morgan fingerprint density at radius 1 is 1.12 bits per heavy atom. The highest BCUT2D eigenvalue weighted by atomic mass is 32.2. The van der Waals surface area contributed by atoms with Crippen molar-refractivity contribution >= 4 is 23.9 Å². The maximum absolute atomic E-state index is 11.9. The zero-order chi connectivity index (χ0) is 18.2. The highest BCUT2D eigenvalue weighted by molar-refractivity contribution is 7.99. The van der Waals surface area contributed by atoms with E-state index in [1.54, 1.807) is 18.0 Å². The summed E-state index contributed by atoms with van der Waals surface area (Å²) in [5, 5.41) is 4.03. The normalized spacial score (nSPS) is 11.2. The molecule has 2 rings (SSSR count). The van der Waals surface area contributed by atoms with Gasteiger partial charge in [0.1, 0.15) is 0 Å². The maximum atomic E-state index is 11.9. The summed E-state index contributed by atoms with van der Waals surface area (Å²) in [5.41, 5.74) is 8.63. The van der Waals surface area contributed by atoms with Gasteiger partial charge in [-0.1, -0.05) is 67.4 Å². The van der Waals surface area contributed by atoms with Crippen LogP contribution in [-0.2, 0) is 10.5 Å². The van der Waals surface area contributed by atoms with Crippen LogP contribution in [0.3, 0.4) is 0 Å². The average molecular weight is 355 g/mol. The molecule has 0 atom stereocenters. The van der Waals surface area contributed by atoms with E-state index >= 15 is 0 Å². The van der Waals surface area contributed by atoms with Gasteiger partial charge in [-0.2, -0.15) is 5.10 Å². The molecule has 0 spiro atoms. The first-order chi connectivity index (χ1) is 11.9. The number of aryl methyl sites for hydroxylation is 2. The molecule has 2 aromatic carbocycles. The number of carbonyl (C=O) groups excluding carboxylic acids is 1. The standard InChI is InChI=1S/C21H26N2OS/c1-15(2)20-7-5-18(6-8-20)12-22-23-21(24)14-25-13-19-10-16(3)9-17(4)11-19/h5-12,15H,13-14H2,1-4H3,(H,23,24)/b22-12-. The molecule has 0 aromatic heterocycles. The summed E-state index contributed by atoms with van der Waals surface area (Å²) in [7, 11) is 0. The van der Waals surface area contributed by atoms with Crippen LogP contribution in [0.5, 0.6) is 0 Å². The molecule has 0 bridgehead atoms. The molecule has 0 radical (unpaired) electrons. The molecule has 0 heterocycles. The van der Waals surface area contributed by atoms with Crippen molar-refractivity contribution in [1.29, 1.82) is 0 Å². The van der Waals surface area contributed by atoms with Crippen molar-refractivity contribution in [3.05, 3.63) is 70.3 Å². The van der Waals surface area contributed by atoms with Gasteiger partial charge in [0.25, 0.3) is 0 Å². The summed E-state index contributed by atoms with van der Waals surface area (Å²) < 4.78 is 0. The average Bonchev–Trinajstić information content (AvgIpc) is 2.54. The Labute approximate surface area is 154 Å². The fraction of sp³-hybridized carbons (Fsp3) is 0.333. The number of hydrazone groups is 1. The SMILES string of the molecule is Cc1cc(C)cc(CSCC(=O)N/N=C\c2ccc(C(C)C)cc2)c1. The van der Waals surface area contributed by atoms with E-state index in [0.717, 1.165) is 11.3 Å². The number of amides is 1. The van der Waals surface area contributed by atoms with Crippen LogP contribution in [0.2, 0.25) is 0 Å². The molecule has 25 heavy (non-hydrogen) atoms. The van der Waals surface area contributed by atoms with E-state index in [4.69, 9.17) is 0 Å². The van der Waals surface area contributed by atoms with E-state index in [1.165, 1.54) is 22.3 Å². The summed E-state index contributed by atoms with van der Waals surface area (Å²) in [6.45, 7) is 8.52. The van der Waals surface area contributed by atoms with Gasteiger partial charge in [0.05, 0.1) is 12.0 Å². The fourth-order valence-corrected chi connectivity index (χ4v) is 3.35. The number of hydrogen-bond donors (Lipinski definition) is 1. The van der Waals surface area contributed by atoms with Crippen molar-refractivity contribution in [2.24, 2.45) is 5.10 Å². The highest BCUT2D eigenvalue weighted by Crippen LogP contribution is 2.16. The van der Waals surface area contributed by atoms with Gasteiger partial charge in [0, 0.05) is 5.75 Å². The van der Waals surface area contributed by atoms with Crippen molar-refractivity contribution < 1.29 is 4.79 Å². The van der Waals surface area contributed by atoms with E-state index < -0.39 is 0 Å². The van der Waals surface area contributed by atoms with E-state index in [0.29, 0.717) is 11.7 Å². The minimum Gasteiger partial charge on any atom is -0.272 e. The molecule has 3 nitrogen and oxygen atoms in total. The van der Waals surface area contributed by atoms with Crippen LogP contribution in [0.4, 0.5) is 0 Å². The van der Waals surface area contributed by atoms with Gasteiger partial charge < -0.3 is 0 Å². The summed E-state index contributed by atoms with van der Waals surface area (Å²) in [6.07, 6.45) is 1.68. The Morgan fingerprint density at radius 2 is 1.76 bits per heavy atom. The summed E-state index contributed by atoms with van der Waals surface area (Å²) in [6, 6.07) is 14.7. The Bertz CT molecular complexity index is 716. The number of benzene rings is 2. The van der Waals surface area contributed by atoms with Gasteiger partial charge in [0.15, 0.2) is 0 Å². The van der Waals surface area contributed by atoms with Crippen molar-refractivity contribution in [3.63, 3.8) is 0 Å². The molecular weight excluding hydrogens is 328 g/mol. The molecule has 0 aliphatic carbocycles. The van der Waals surface area contributed by atoms with Crippen LogP contribution in [-0.4, -0.2) is 17.9 Å². The third-order valence-electron chi connectivity index (χ3n) is 3.79. The summed E-state index contributed by atoms with van der Waals surface area (Å²) in [5.74, 6) is 1.66. The lowest BCUT2D eigenvalue weighted by atomic mass is 10.0. The summed E-state index contributed by atoms with van der Waals surface area (Å²) in [4.78, 5) is 11.9. The van der Waals surface area contributed by atoms with Gasteiger partial charge in [-0.25, -0.2) is 5.43 Å². The Kier molecular flexibility index (Phi) is 7.26. The van der Waals surface area contributed by atoms with Crippen molar-refractivity contribution in [1.82, 2.24) is 5.43 Å². The molecule has 2 aromatic rings. The van der Waals surface area contributed by atoms with Crippen LogP contribution in [0.1, 0.15) is 47.6 Å². The molecule has 0 saturated heterocycles. The molecule has 0 unspecified atom stereocenters. The van der Waals surface area contributed by atoms with Crippen LogP contribution >= 0.6 is 11.8 Å².